The quantitative estimate of drug-likeness (QED) is 0.846. The number of ether oxygens (including phenoxy) is 2. The summed E-state index contributed by atoms with van der Waals surface area (Å²) in [6.07, 6.45) is -0.900. The van der Waals surface area contributed by atoms with E-state index in [-0.39, 0.29) is 11.3 Å². The lowest BCUT2D eigenvalue weighted by molar-refractivity contribution is 0.0549. The zero-order valence-corrected chi connectivity index (χ0v) is 11.5. The molecule has 0 amide bonds. The molecule has 2 heterocycles. The number of para-hydroxylation sites is 1. The van der Waals surface area contributed by atoms with E-state index in [2.05, 4.69) is 0 Å². The van der Waals surface area contributed by atoms with Crippen LogP contribution in [0.4, 0.5) is 0 Å². The number of nitrogens with zero attached hydrogens (tertiary/aromatic N) is 1. The van der Waals surface area contributed by atoms with Gasteiger partial charge >= 0.3 is 11.9 Å². The van der Waals surface area contributed by atoms with Gasteiger partial charge in [-0.1, -0.05) is 18.2 Å². The molecule has 1 aliphatic rings. The van der Waals surface area contributed by atoms with E-state index in [4.69, 9.17) is 9.47 Å². The molecule has 6 heteroatoms. The molecule has 108 valence electrons. The van der Waals surface area contributed by atoms with E-state index in [1.54, 1.807) is 24.3 Å². The number of aliphatic hydroxyl groups excluding tert-OH is 1. The smallest absolute Gasteiger partial charge is 0.355 e. The molecule has 0 aliphatic carbocycles. The van der Waals surface area contributed by atoms with Crippen LogP contribution in [0.5, 0.6) is 0 Å². The number of rotatable bonds is 2. The topological polar surface area (TPSA) is 77.8 Å². The van der Waals surface area contributed by atoms with Crippen molar-refractivity contribution < 1.29 is 24.2 Å². The third-order valence-corrected chi connectivity index (χ3v) is 3.57. The summed E-state index contributed by atoms with van der Waals surface area (Å²) in [4.78, 5) is 23.9. The predicted octanol–water partition coefficient (Wildman–Crippen LogP) is 1.45. The minimum Gasteiger partial charge on any atom is -0.465 e. The highest BCUT2D eigenvalue weighted by Crippen LogP contribution is 2.39. The normalized spacial score (nSPS) is 15.3. The third kappa shape index (κ3) is 1.76. The van der Waals surface area contributed by atoms with E-state index < -0.39 is 18.0 Å². The summed E-state index contributed by atoms with van der Waals surface area (Å²) in [5.74, 6) is -1.31. The Morgan fingerprint density at radius 3 is 2.48 bits per heavy atom. The fraction of sp³-hybridized carbons (Fsp3) is 0.200. The van der Waals surface area contributed by atoms with Crippen molar-refractivity contribution in [2.45, 2.75) is 6.10 Å². The van der Waals surface area contributed by atoms with Gasteiger partial charge in [0.1, 0.15) is 11.8 Å². The van der Waals surface area contributed by atoms with E-state index in [1.807, 2.05) is 0 Å². The molecule has 1 aromatic heterocycles. The Morgan fingerprint density at radius 1 is 1.14 bits per heavy atom. The highest BCUT2D eigenvalue weighted by atomic mass is 16.5. The average molecular weight is 287 g/mol. The highest BCUT2D eigenvalue weighted by Gasteiger charge is 2.35. The summed E-state index contributed by atoms with van der Waals surface area (Å²) in [6, 6.07) is 8.59. The summed E-state index contributed by atoms with van der Waals surface area (Å²) in [7, 11) is 2.47. The number of carbonyl (C=O) groups is 2. The minimum absolute atomic E-state index is 0.0587. The molecule has 1 N–H and O–H groups in total. The van der Waals surface area contributed by atoms with Gasteiger partial charge in [-0.2, -0.15) is 0 Å². The van der Waals surface area contributed by atoms with Gasteiger partial charge in [0.25, 0.3) is 0 Å². The first-order valence-corrected chi connectivity index (χ1v) is 6.29. The van der Waals surface area contributed by atoms with Crippen molar-refractivity contribution in [2.24, 2.45) is 0 Å². The first kappa shape index (κ1) is 13.4. The number of esters is 2. The van der Waals surface area contributed by atoms with E-state index in [1.165, 1.54) is 24.9 Å². The molecule has 0 saturated heterocycles. The first-order valence-electron chi connectivity index (χ1n) is 6.29. The van der Waals surface area contributed by atoms with Crippen LogP contribution in [0.3, 0.4) is 0 Å². The van der Waals surface area contributed by atoms with E-state index >= 15 is 0 Å². The van der Waals surface area contributed by atoms with Crippen LogP contribution >= 0.6 is 0 Å². The number of aliphatic hydroxyl groups is 1. The van der Waals surface area contributed by atoms with Gasteiger partial charge in [-0.25, -0.2) is 9.59 Å². The Balaban J connectivity index is 2.32. The second kappa shape index (κ2) is 4.75. The first-order chi connectivity index (χ1) is 10.1. The predicted molar refractivity (Wildman–Crippen MR) is 72.5 cm³/mol. The largest absolute Gasteiger partial charge is 0.465 e. The Bertz CT molecular complexity index is 747. The molecule has 6 nitrogen and oxygen atoms in total. The van der Waals surface area contributed by atoms with Crippen molar-refractivity contribution >= 4 is 11.9 Å². The minimum atomic E-state index is -0.900. The molecule has 3 rings (SSSR count). The Labute approximate surface area is 120 Å². The number of hydrogen-bond acceptors (Lipinski definition) is 5. The molecule has 0 fully saturated rings. The zero-order valence-electron chi connectivity index (χ0n) is 11.5. The molecule has 1 aromatic carbocycles. The molecule has 0 bridgehead atoms. The van der Waals surface area contributed by atoms with Gasteiger partial charge in [-0.3, -0.25) is 0 Å². The van der Waals surface area contributed by atoms with Crippen LogP contribution in [0.2, 0.25) is 0 Å². The molecule has 1 atom stereocenters. The Hall–Kier alpha value is -2.60. The van der Waals surface area contributed by atoms with Crippen molar-refractivity contribution in [1.29, 1.82) is 0 Å². The molecule has 1 aliphatic heterocycles. The number of fused-ring (bicyclic) bond motifs is 3. The average Bonchev–Trinajstić information content (AvgIpc) is 3.03. The van der Waals surface area contributed by atoms with Gasteiger partial charge in [0, 0.05) is 5.56 Å². The van der Waals surface area contributed by atoms with E-state index in [0.717, 1.165) is 0 Å². The van der Waals surface area contributed by atoms with Crippen molar-refractivity contribution in [1.82, 2.24) is 4.57 Å². The maximum Gasteiger partial charge on any atom is 0.355 e. The van der Waals surface area contributed by atoms with Gasteiger partial charge in [0.05, 0.1) is 31.2 Å². The second-order valence-corrected chi connectivity index (χ2v) is 4.61. The highest BCUT2D eigenvalue weighted by molar-refractivity contribution is 6.03. The van der Waals surface area contributed by atoms with Crippen LogP contribution in [-0.4, -0.2) is 35.8 Å². The standard InChI is InChI=1S/C15H13NO5/c1-20-14(18)9-7-11-13(17)8-5-3-4-6-10(8)16(11)12(9)15(19)21-2/h3-7,13,17H,1-2H3. The summed E-state index contributed by atoms with van der Waals surface area (Å²) in [5, 5.41) is 10.4. The monoisotopic (exact) mass is 287 g/mol. The lowest BCUT2D eigenvalue weighted by atomic mass is 10.1. The summed E-state index contributed by atoms with van der Waals surface area (Å²) >= 11 is 0. The third-order valence-electron chi connectivity index (χ3n) is 3.57. The Kier molecular flexibility index (Phi) is 3.03. The second-order valence-electron chi connectivity index (χ2n) is 4.61. The number of benzene rings is 1. The van der Waals surface area contributed by atoms with Crippen LogP contribution in [-0.2, 0) is 9.47 Å². The van der Waals surface area contributed by atoms with E-state index in [9.17, 15) is 14.7 Å². The van der Waals surface area contributed by atoms with Crippen LogP contribution in [0.1, 0.15) is 38.2 Å². The summed E-state index contributed by atoms with van der Waals surface area (Å²) in [6.45, 7) is 0. The van der Waals surface area contributed by atoms with Gasteiger partial charge < -0.3 is 19.1 Å². The molecule has 0 spiro atoms. The van der Waals surface area contributed by atoms with E-state index in [0.29, 0.717) is 16.9 Å². The van der Waals surface area contributed by atoms with Crippen molar-refractivity contribution in [3.05, 3.63) is 52.8 Å². The SMILES string of the molecule is COC(=O)c1cc2n(c1C(=O)OC)-c1ccccc1C2O. The molecular formula is C15H13NO5. The molecular weight excluding hydrogens is 274 g/mol. The molecule has 0 radical (unpaired) electrons. The maximum absolute atomic E-state index is 12.1. The Morgan fingerprint density at radius 2 is 1.81 bits per heavy atom. The van der Waals surface area contributed by atoms with Gasteiger partial charge in [0.15, 0.2) is 0 Å². The maximum atomic E-state index is 12.1. The number of carbonyl (C=O) groups excluding carboxylic acids is 2. The van der Waals surface area contributed by atoms with Crippen LogP contribution in [0.15, 0.2) is 30.3 Å². The molecule has 1 unspecified atom stereocenters. The van der Waals surface area contributed by atoms with Crippen LogP contribution in [0.25, 0.3) is 5.69 Å². The van der Waals surface area contributed by atoms with Gasteiger partial charge in [-0.15, -0.1) is 0 Å². The van der Waals surface area contributed by atoms with Crippen molar-refractivity contribution in [3.63, 3.8) is 0 Å². The van der Waals surface area contributed by atoms with Crippen LogP contribution in [0, 0.1) is 0 Å². The lowest BCUT2D eigenvalue weighted by Gasteiger charge is -2.08. The van der Waals surface area contributed by atoms with Crippen molar-refractivity contribution in [3.8, 4) is 5.69 Å². The number of methoxy groups -OCH3 is 2. The van der Waals surface area contributed by atoms with Crippen molar-refractivity contribution in [2.75, 3.05) is 14.2 Å². The van der Waals surface area contributed by atoms with Gasteiger partial charge in [-0.05, 0) is 12.1 Å². The summed E-state index contributed by atoms with van der Waals surface area (Å²) < 4.78 is 11.0. The lowest BCUT2D eigenvalue weighted by Crippen LogP contribution is -2.14. The molecule has 21 heavy (non-hydrogen) atoms. The number of aromatic nitrogens is 1. The zero-order chi connectivity index (χ0) is 15.1. The molecule has 2 aromatic rings. The molecule has 0 saturated carbocycles. The fourth-order valence-electron chi connectivity index (χ4n) is 2.64. The van der Waals surface area contributed by atoms with Crippen LogP contribution < -0.4 is 0 Å². The summed E-state index contributed by atoms with van der Waals surface area (Å²) in [5.41, 5.74) is 1.90. The number of hydrogen-bond donors (Lipinski definition) is 1. The van der Waals surface area contributed by atoms with Gasteiger partial charge in [0.2, 0.25) is 0 Å². The fourth-order valence-corrected chi connectivity index (χ4v) is 2.64.